The van der Waals surface area contributed by atoms with E-state index in [0.717, 1.165) is 57.6 Å². The zero-order chi connectivity index (χ0) is 17.0. The van der Waals surface area contributed by atoms with Crippen LogP contribution in [0.4, 0.5) is 0 Å². The van der Waals surface area contributed by atoms with E-state index in [2.05, 4.69) is 32.5 Å². The summed E-state index contributed by atoms with van der Waals surface area (Å²) < 4.78 is 0. The van der Waals surface area contributed by atoms with Gasteiger partial charge in [0.15, 0.2) is 5.96 Å². The zero-order valence-corrected chi connectivity index (χ0v) is 18.1. The molecule has 2 heterocycles. The van der Waals surface area contributed by atoms with Crippen LogP contribution in [-0.2, 0) is 4.79 Å². The Bertz CT molecular complexity index is 480. The first kappa shape index (κ1) is 20.7. The highest BCUT2D eigenvalue weighted by Gasteiger charge is 2.42. The first-order valence-corrected chi connectivity index (χ1v) is 9.54. The van der Waals surface area contributed by atoms with Gasteiger partial charge in [0, 0.05) is 57.6 Å². The summed E-state index contributed by atoms with van der Waals surface area (Å²) in [6.45, 7) is 4.78. The molecule has 144 valence electrons. The highest BCUT2D eigenvalue weighted by Crippen LogP contribution is 2.35. The van der Waals surface area contributed by atoms with Crippen molar-refractivity contribution in [2.75, 3.05) is 46.8 Å². The molecule has 1 spiro atoms. The van der Waals surface area contributed by atoms with Crippen molar-refractivity contribution in [3.8, 4) is 0 Å². The van der Waals surface area contributed by atoms with E-state index in [9.17, 15) is 4.79 Å². The third-order valence-corrected chi connectivity index (χ3v) is 6.06. The van der Waals surface area contributed by atoms with Crippen LogP contribution in [0.2, 0.25) is 0 Å². The lowest BCUT2D eigenvalue weighted by molar-refractivity contribution is -0.119. The van der Waals surface area contributed by atoms with Gasteiger partial charge in [0.1, 0.15) is 0 Å². The molecular formula is C18H34IN5O. The number of carbonyl (C=O) groups is 1. The molecule has 6 nitrogen and oxygen atoms in total. The molecule has 1 atom stereocenters. The molecule has 1 saturated carbocycles. The van der Waals surface area contributed by atoms with Crippen LogP contribution in [0.3, 0.4) is 0 Å². The number of amides is 1. The summed E-state index contributed by atoms with van der Waals surface area (Å²) >= 11 is 0. The molecule has 25 heavy (non-hydrogen) atoms. The van der Waals surface area contributed by atoms with Gasteiger partial charge in [-0.25, -0.2) is 0 Å². The monoisotopic (exact) mass is 463 g/mol. The highest BCUT2D eigenvalue weighted by molar-refractivity contribution is 14.0. The number of rotatable bonds is 4. The van der Waals surface area contributed by atoms with Crippen molar-refractivity contribution in [2.24, 2.45) is 10.4 Å². The number of hydrogen-bond acceptors (Lipinski definition) is 3. The van der Waals surface area contributed by atoms with Crippen LogP contribution >= 0.6 is 24.0 Å². The van der Waals surface area contributed by atoms with Crippen LogP contribution in [0.15, 0.2) is 4.99 Å². The van der Waals surface area contributed by atoms with Gasteiger partial charge in [-0.05, 0) is 32.7 Å². The Balaban J connectivity index is 0.00000225. The third-order valence-electron chi connectivity index (χ3n) is 6.06. The van der Waals surface area contributed by atoms with Gasteiger partial charge in [0.2, 0.25) is 5.91 Å². The normalized spacial score (nSPS) is 27.7. The van der Waals surface area contributed by atoms with E-state index in [4.69, 9.17) is 0 Å². The Morgan fingerprint density at radius 1 is 1.40 bits per heavy atom. The number of aliphatic imine (C=N–C) groups is 1. The molecular weight excluding hydrogens is 429 g/mol. The summed E-state index contributed by atoms with van der Waals surface area (Å²) in [7, 11) is 4.11. The molecule has 7 heteroatoms. The number of piperidine rings is 1. The van der Waals surface area contributed by atoms with Crippen molar-refractivity contribution in [1.29, 1.82) is 0 Å². The summed E-state index contributed by atoms with van der Waals surface area (Å²) in [4.78, 5) is 21.0. The number of halogens is 1. The van der Waals surface area contributed by atoms with E-state index in [1.54, 1.807) is 0 Å². The molecule has 1 aliphatic carbocycles. The SMILES string of the molecule is CN=C(NCCN(C)C1CCCC1)N1CCCC2(CNC(=O)C2)C1.I. The van der Waals surface area contributed by atoms with Crippen molar-refractivity contribution in [3.63, 3.8) is 0 Å². The largest absolute Gasteiger partial charge is 0.355 e. The fourth-order valence-electron chi connectivity index (χ4n) is 4.63. The van der Waals surface area contributed by atoms with E-state index < -0.39 is 0 Å². The highest BCUT2D eigenvalue weighted by atomic mass is 127. The first-order valence-electron chi connectivity index (χ1n) is 9.54. The molecule has 3 rings (SSSR count). The smallest absolute Gasteiger partial charge is 0.220 e. The lowest BCUT2D eigenvalue weighted by Crippen LogP contribution is -2.52. The minimum Gasteiger partial charge on any atom is -0.355 e. The van der Waals surface area contributed by atoms with Crippen LogP contribution < -0.4 is 10.6 Å². The summed E-state index contributed by atoms with van der Waals surface area (Å²) in [5.74, 6) is 1.20. The summed E-state index contributed by atoms with van der Waals surface area (Å²) in [5.41, 5.74) is 0.119. The fraction of sp³-hybridized carbons (Fsp3) is 0.889. The Morgan fingerprint density at radius 3 is 2.80 bits per heavy atom. The van der Waals surface area contributed by atoms with Gasteiger partial charge >= 0.3 is 0 Å². The molecule has 2 N–H and O–H groups in total. The average Bonchev–Trinajstić information content (AvgIpc) is 3.22. The quantitative estimate of drug-likeness (QED) is 0.378. The molecule has 1 unspecified atom stereocenters. The van der Waals surface area contributed by atoms with Crippen LogP contribution in [0, 0.1) is 5.41 Å². The Hall–Kier alpha value is -0.570. The molecule has 3 fully saturated rings. The van der Waals surface area contributed by atoms with E-state index >= 15 is 0 Å². The maximum atomic E-state index is 11.7. The Labute approximate surface area is 169 Å². The molecule has 1 amide bonds. The van der Waals surface area contributed by atoms with E-state index in [-0.39, 0.29) is 35.3 Å². The maximum absolute atomic E-state index is 11.7. The molecule has 2 saturated heterocycles. The second kappa shape index (κ2) is 9.39. The Kier molecular flexibility index (Phi) is 7.79. The molecule has 0 aromatic heterocycles. The second-order valence-electron chi connectivity index (χ2n) is 7.87. The lowest BCUT2D eigenvalue weighted by Gasteiger charge is -2.41. The Morgan fingerprint density at radius 2 is 2.16 bits per heavy atom. The van der Waals surface area contributed by atoms with Gasteiger partial charge in [-0.15, -0.1) is 24.0 Å². The van der Waals surface area contributed by atoms with E-state index in [1.165, 1.54) is 25.7 Å². The van der Waals surface area contributed by atoms with E-state index in [0.29, 0.717) is 6.42 Å². The average molecular weight is 463 g/mol. The predicted molar refractivity (Wildman–Crippen MR) is 113 cm³/mol. The van der Waals surface area contributed by atoms with Crippen LogP contribution in [0.25, 0.3) is 0 Å². The topological polar surface area (TPSA) is 60.0 Å². The third kappa shape index (κ3) is 5.21. The standard InChI is InChI=1S/C18H33N5O.HI/c1-19-17(20-9-11-22(2)15-6-3-4-7-15)23-10-5-8-18(14-23)12-16(24)21-13-18;/h15H,3-14H2,1-2H3,(H,19,20)(H,21,24);1H. The van der Waals surface area contributed by atoms with Crippen LogP contribution in [0.1, 0.15) is 44.9 Å². The van der Waals surface area contributed by atoms with Gasteiger partial charge < -0.3 is 20.4 Å². The van der Waals surface area contributed by atoms with Crippen molar-refractivity contribution in [2.45, 2.75) is 51.0 Å². The van der Waals surface area contributed by atoms with Gasteiger partial charge in [-0.2, -0.15) is 0 Å². The lowest BCUT2D eigenvalue weighted by atomic mass is 9.79. The molecule has 2 aliphatic heterocycles. The number of likely N-dealkylation sites (tertiary alicyclic amines) is 1. The van der Waals surface area contributed by atoms with Gasteiger partial charge in [0.05, 0.1) is 0 Å². The van der Waals surface area contributed by atoms with Crippen molar-refractivity contribution in [1.82, 2.24) is 20.4 Å². The van der Waals surface area contributed by atoms with Gasteiger partial charge in [-0.1, -0.05) is 12.8 Å². The fourth-order valence-corrected chi connectivity index (χ4v) is 4.63. The van der Waals surface area contributed by atoms with Crippen molar-refractivity contribution < 1.29 is 4.79 Å². The second-order valence-corrected chi connectivity index (χ2v) is 7.87. The summed E-state index contributed by atoms with van der Waals surface area (Å²) in [6, 6.07) is 0.766. The maximum Gasteiger partial charge on any atom is 0.220 e. The molecule has 0 radical (unpaired) electrons. The number of guanidine groups is 1. The minimum absolute atomic E-state index is 0. The summed E-state index contributed by atoms with van der Waals surface area (Å²) in [5, 5.41) is 6.55. The molecule has 0 aromatic carbocycles. The van der Waals surface area contributed by atoms with E-state index in [1.807, 2.05) is 7.05 Å². The number of nitrogens with one attached hydrogen (secondary N) is 2. The van der Waals surface area contributed by atoms with Gasteiger partial charge in [-0.3, -0.25) is 9.79 Å². The number of carbonyl (C=O) groups excluding carboxylic acids is 1. The number of hydrogen-bond donors (Lipinski definition) is 2. The number of nitrogens with zero attached hydrogens (tertiary/aromatic N) is 3. The minimum atomic E-state index is 0. The van der Waals surface area contributed by atoms with Crippen molar-refractivity contribution in [3.05, 3.63) is 0 Å². The molecule has 0 bridgehead atoms. The van der Waals surface area contributed by atoms with Crippen LogP contribution in [0.5, 0.6) is 0 Å². The summed E-state index contributed by atoms with van der Waals surface area (Å²) in [6.07, 6.45) is 8.41. The van der Waals surface area contributed by atoms with Crippen molar-refractivity contribution >= 4 is 35.8 Å². The van der Waals surface area contributed by atoms with Gasteiger partial charge in [0.25, 0.3) is 0 Å². The molecule has 0 aromatic rings. The predicted octanol–water partition coefficient (Wildman–Crippen LogP) is 1.66. The molecule has 3 aliphatic rings. The first-order chi connectivity index (χ1) is 11.6. The van der Waals surface area contributed by atoms with Crippen LogP contribution in [-0.4, -0.2) is 74.5 Å². The zero-order valence-electron chi connectivity index (χ0n) is 15.7. The number of likely N-dealkylation sites (N-methyl/N-ethyl adjacent to an activating group) is 1.